The minimum absolute atomic E-state index is 0.0799. The monoisotopic (exact) mass is 265 g/mol. The molecule has 19 heavy (non-hydrogen) atoms. The lowest BCUT2D eigenvalue weighted by Gasteiger charge is -2.31. The van der Waals surface area contributed by atoms with Crippen LogP contribution < -0.4 is 0 Å². The maximum Gasteiger partial charge on any atom is 0.254 e. The van der Waals surface area contributed by atoms with Gasteiger partial charge in [0.15, 0.2) is 0 Å². The van der Waals surface area contributed by atoms with Gasteiger partial charge in [-0.1, -0.05) is 25.1 Å². The molecule has 0 aromatic heterocycles. The Kier molecular flexibility index (Phi) is 5.09. The first-order valence-corrected chi connectivity index (χ1v) is 6.38. The second-order valence-electron chi connectivity index (χ2n) is 5.55. The van der Waals surface area contributed by atoms with E-state index >= 15 is 0 Å². The highest BCUT2D eigenvalue weighted by atomic mass is 16.3. The van der Waals surface area contributed by atoms with Gasteiger partial charge in [0.25, 0.3) is 5.91 Å². The third-order valence-corrected chi connectivity index (χ3v) is 3.42. The van der Waals surface area contributed by atoms with Crippen LogP contribution in [-0.2, 0) is 0 Å². The van der Waals surface area contributed by atoms with Gasteiger partial charge in [0.05, 0.1) is 13.2 Å². The number of aliphatic hydroxyl groups excluding tert-OH is 2. The lowest BCUT2D eigenvalue weighted by molar-refractivity contribution is 0.0365. The van der Waals surface area contributed by atoms with Crippen LogP contribution in [0, 0.1) is 19.3 Å². The standard InChI is InChI=1S/C15H23NO3/c1-11-6-5-7-12(2)13(11)14(19)16(4)8-15(3,9-17)10-18/h5-7,17-18H,8-10H2,1-4H3. The molecule has 1 amide bonds. The molecule has 0 aliphatic carbocycles. The minimum Gasteiger partial charge on any atom is -0.396 e. The largest absolute Gasteiger partial charge is 0.396 e. The normalized spacial score (nSPS) is 11.5. The topological polar surface area (TPSA) is 60.8 Å². The summed E-state index contributed by atoms with van der Waals surface area (Å²) < 4.78 is 0. The van der Waals surface area contributed by atoms with Crippen LogP contribution in [0.5, 0.6) is 0 Å². The van der Waals surface area contributed by atoms with E-state index in [0.717, 1.165) is 11.1 Å². The van der Waals surface area contributed by atoms with Crippen molar-refractivity contribution in [3.63, 3.8) is 0 Å². The average molecular weight is 265 g/mol. The number of rotatable bonds is 5. The summed E-state index contributed by atoms with van der Waals surface area (Å²) in [5, 5.41) is 18.6. The molecule has 4 heteroatoms. The van der Waals surface area contributed by atoms with Crippen LogP contribution in [0.15, 0.2) is 18.2 Å². The van der Waals surface area contributed by atoms with E-state index in [9.17, 15) is 15.0 Å². The van der Waals surface area contributed by atoms with E-state index in [0.29, 0.717) is 12.1 Å². The summed E-state index contributed by atoms with van der Waals surface area (Å²) in [4.78, 5) is 14.0. The smallest absolute Gasteiger partial charge is 0.254 e. The van der Waals surface area contributed by atoms with E-state index in [-0.39, 0.29) is 19.1 Å². The van der Waals surface area contributed by atoms with Crippen molar-refractivity contribution < 1.29 is 15.0 Å². The maximum absolute atomic E-state index is 12.5. The molecule has 0 aliphatic heterocycles. The predicted molar refractivity (Wildman–Crippen MR) is 75.2 cm³/mol. The maximum atomic E-state index is 12.5. The Bertz CT molecular complexity index is 432. The molecule has 1 rings (SSSR count). The number of hydrogen-bond acceptors (Lipinski definition) is 3. The highest BCUT2D eigenvalue weighted by molar-refractivity contribution is 5.96. The zero-order valence-corrected chi connectivity index (χ0v) is 12.1. The van der Waals surface area contributed by atoms with Crippen LogP contribution in [0.25, 0.3) is 0 Å². The Hall–Kier alpha value is -1.39. The fourth-order valence-electron chi connectivity index (χ4n) is 2.14. The Labute approximate surface area is 114 Å². The highest BCUT2D eigenvalue weighted by Gasteiger charge is 2.27. The van der Waals surface area contributed by atoms with Crippen molar-refractivity contribution in [1.82, 2.24) is 4.90 Å². The SMILES string of the molecule is Cc1cccc(C)c1C(=O)N(C)CC(C)(CO)CO. The van der Waals surface area contributed by atoms with Gasteiger partial charge in [0, 0.05) is 24.6 Å². The minimum atomic E-state index is -0.680. The van der Waals surface area contributed by atoms with Crippen molar-refractivity contribution in [1.29, 1.82) is 0 Å². The number of carbonyl (C=O) groups is 1. The molecular weight excluding hydrogens is 242 g/mol. The van der Waals surface area contributed by atoms with E-state index in [1.807, 2.05) is 32.0 Å². The van der Waals surface area contributed by atoms with Crippen LogP contribution in [0.1, 0.15) is 28.4 Å². The van der Waals surface area contributed by atoms with Crippen LogP contribution in [-0.4, -0.2) is 47.8 Å². The van der Waals surface area contributed by atoms with Gasteiger partial charge in [0.2, 0.25) is 0 Å². The molecule has 0 atom stereocenters. The fraction of sp³-hybridized carbons (Fsp3) is 0.533. The average Bonchev–Trinajstić information content (AvgIpc) is 2.38. The Morgan fingerprint density at radius 2 is 1.68 bits per heavy atom. The fourth-order valence-corrected chi connectivity index (χ4v) is 2.14. The van der Waals surface area contributed by atoms with Crippen LogP contribution in [0.4, 0.5) is 0 Å². The number of benzene rings is 1. The van der Waals surface area contributed by atoms with Crippen LogP contribution >= 0.6 is 0 Å². The second kappa shape index (κ2) is 6.17. The summed E-state index contributed by atoms with van der Waals surface area (Å²) in [7, 11) is 1.69. The molecule has 106 valence electrons. The molecule has 0 saturated carbocycles. The van der Waals surface area contributed by atoms with Crippen molar-refractivity contribution >= 4 is 5.91 Å². The molecule has 0 aliphatic rings. The van der Waals surface area contributed by atoms with Crippen molar-refractivity contribution in [3.05, 3.63) is 34.9 Å². The quantitative estimate of drug-likeness (QED) is 0.845. The van der Waals surface area contributed by atoms with E-state index < -0.39 is 5.41 Å². The van der Waals surface area contributed by atoms with Crippen molar-refractivity contribution in [2.75, 3.05) is 26.8 Å². The number of hydrogen-bond donors (Lipinski definition) is 2. The van der Waals surface area contributed by atoms with Gasteiger partial charge in [-0.05, 0) is 25.0 Å². The van der Waals surface area contributed by atoms with Crippen LogP contribution in [0.2, 0.25) is 0 Å². The van der Waals surface area contributed by atoms with Gasteiger partial charge in [-0.25, -0.2) is 0 Å². The molecule has 0 heterocycles. The molecule has 0 radical (unpaired) electrons. The zero-order chi connectivity index (χ0) is 14.6. The number of nitrogens with zero attached hydrogens (tertiary/aromatic N) is 1. The molecule has 0 spiro atoms. The molecule has 0 saturated heterocycles. The Morgan fingerprint density at radius 3 is 2.11 bits per heavy atom. The summed E-state index contributed by atoms with van der Waals surface area (Å²) in [6.45, 7) is 5.56. The first-order valence-electron chi connectivity index (χ1n) is 6.38. The van der Waals surface area contributed by atoms with Gasteiger partial charge in [-0.3, -0.25) is 4.79 Å². The van der Waals surface area contributed by atoms with E-state index in [1.165, 1.54) is 0 Å². The molecule has 0 fully saturated rings. The molecule has 2 N–H and O–H groups in total. The molecule has 0 unspecified atom stereocenters. The summed E-state index contributed by atoms with van der Waals surface area (Å²) in [5.74, 6) is -0.0799. The third-order valence-electron chi connectivity index (χ3n) is 3.42. The van der Waals surface area contributed by atoms with Gasteiger partial charge < -0.3 is 15.1 Å². The summed E-state index contributed by atoms with van der Waals surface area (Å²) in [5.41, 5.74) is 1.89. The van der Waals surface area contributed by atoms with Crippen LogP contribution in [0.3, 0.4) is 0 Å². The van der Waals surface area contributed by atoms with E-state index in [2.05, 4.69) is 0 Å². The van der Waals surface area contributed by atoms with Gasteiger partial charge in [0.1, 0.15) is 0 Å². The molecule has 1 aromatic carbocycles. The van der Waals surface area contributed by atoms with Crippen molar-refractivity contribution in [2.45, 2.75) is 20.8 Å². The summed E-state index contributed by atoms with van der Waals surface area (Å²) in [6, 6.07) is 5.74. The summed E-state index contributed by atoms with van der Waals surface area (Å²) in [6.07, 6.45) is 0. The Balaban J connectivity index is 2.95. The molecule has 1 aromatic rings. The first kappa shape index (κ1) is 15.7. The molecule has 0 bridgehead atoms. The molecule has 4 nitrogen and oxygen atoms in total. The number of aryl methyl sites for hydroxylation is 2. The predicted octanol–water partition coefficient (Wildman–Crippen LogP) is 1.37. The van der Waals surface area contributed by atoms with Gasteiger partial charge in [-0.15, -0.1) is 0 Å². The second-order valence-corrected chi connectivity index (χ2v) is 5.55. The summed E-state index contributed by atoms with van der Waals surface area (Å²) >= 11 is 0. The van der Waals surface area contributed by atoms with Crippen molar-refractivity contribution in [3.8, 4) is 0 Å². The number of aliphatic hydroxyl groups is 2. The molecular formula is C15H23NO3. The highest BCUT2D eigenvalue weighted by Crippen LogP contribution is 2.20. The third kappa shape index (κ3) is 3.55. The van der Waals surface area contributed by atoms with Crippen molar-refractivity contribution in [2.24, 2.45) is 5.41 Å². The van der Waals surface area contributed by atoms with Gasteiger partial charge >= 0.3 is 0 Å². The number of amides is 1. The lowest BCUT2D eigenvalue weighted by atomic mass is 9.92. The van der Waals surface area contributed by atoms with E-state index in [1.54, 1.807) is 18.9 Å². The zero-order valence-electron chi connectivity index (χ0n) is 12.1. The van der Waals surface area contributed by atoms with Gasteiger partial charge in [-0.2, -0.15) is 0 Å². The first-order chi connectivity index (χ1) is 8.84. The van der Waals surface area contributed by atoms with E-state index in [4.69, 9.17) is 0 Å². The lowest BCUT2D eigenvalue weighted by Crippen LogP contribution is -2.42. The Morgan fingerprint density at radius 1 is 1.21 bits per heavy atom. The number of carbonyl (C=O) groups excluding carboxylic acids is 1.